The molecule has 2 amide bonds. The Kier molecular flexibility index (Phi) is 5.31. The molecule has 2 aromatic rings. The first-order chi connectivity index (χ1) is 13.9. The predicted molar refractivity (Wildman–Crippen MR) is 111 cm³/mol. The van der Waals surface area contributed by atoms with Crippen molar-refractivity contribution in [1.82, 2.24) is 9.88 Å². The summed E-state index contributed by atoms with van der Waals surface area (Å²) in [7, 11) is 0. The third-order valence-electron chi connectivity index (χ3n) is 5.51. The van der Waals surface area contributed by atoms with E-state index in [2.05, 4.69) is 10.3 Å². The Labute approximate surface area is 174 Å². The SMILES string of the molecule is Cc1ccc2c(c1)C(=O)N(C(C)C(=O)Nc1nc(C)cs1)CC1(CCOCC1)O2. The molecule has 1 fully saturated rings. The Morgan fingerprint density at radius 1 is 1.31 bits per heavy atom. The zero-order chi connectivity index (χ0) is 20.6. The summed E-state index contributed by atoms with van der Waals surface area (Å²) < 4.78 is 11.9. The highest BCUT2D eigenvalue weighted by Crippen LogP contribution is 2.36. The van der Waals surface area contributed by atoms with E-state index in [9.17, 15) is 9.59 Å². The first-order valence-corrected chi connectivity index (χ1v) is 10.7. The van der Waals surface area contributed by atoms with Crippen LogP contribution in [0.1, 0.15) is 41.4 Å². The van der Waals surface area contributed by atoms with Gasteiger partial charge in [0, 0.05) is 18.2 Å². The minimum Gasteiger partial charge on any atom is -0.484 e. The standard InChI is InChI=1S/C21H25N3O4S/c1-13-4-5-17-16(10-13)19(26)24(12-21(28-17)6-8-27-9-7-21)15(3)18(25)23-20-22-14(2)11-29-20/h4-5,10-11,15H,6-9,12H2,1-3H3,(H,22,23,25). The van der Waals surface area contributed by atoms with Gasteiger partial charge in [0.2, 0.25) is 5.91 Å². The highest BCUT2D eigenvalue weighted by Gasteiger charge is 2.44. The molecule has 1 unspecified atom stereocenters. The summed E-state index contributed by atoms with van der Waals surface area (Å²) >= 11 is 1.37. The lowest BCUT2D eigenvalue weighted by Gasteiger charge is -2.40. The topological polar surface area (TPSA) is 80.8 Å². The van der Waals surface area contributed by atoms with E-state index < -0.39 is 11.6 Å². The quantitative estimate of drug-likeness (QED) is 0.833. The first-order valence-electron chi connectivity index (χ1n) is 9.78. The molecular formula is C21H25N3O4S. The molecule has 1 saturated heterocycles. The number of aromatic nitrogens is 1. The average molecular weight is 416 g/mol. The average Bonchev–Trinajstić information content (AvgIpc) is 3.07. The highest BCUT2D eigenvalue weighted by atomic mass is 32.1. The fourth-order valence-corrected chi connectivity index (χ4v) is 4.47. The van der Waals surface area contributed by atoms with Crippen LogP contribution in [0.2, 0.25) is 0 Å². The first kappa shape index (κ1) is 19.8. The van der Waals surface area contributed by atoms with Gasteiger partial charge >= 0.3 is 0 Å². The van der Waals surface area contributed by atoms with Crippen LogP contribution in [-0.4, -0.2) is 53.1 Å². The summed E-state index contributed by atoms with van der Waals surface area (Å²) in [6.45, 7) is 7.05. The predicted octanol–water partition coefficient (Wildman–Crippen LogP) is 3.17. The third-order valence-corrected chi connectivity index (χ3v) is 6.39. The number of aryl methyl sites for hydroxylation is 2. The Balaban J connectivity index is 1.66. The normalized spacial score (nSPS) is 19.3. The number of hydrogen-bond donors (Lipinski definition) is 1. The minimum atomic E-state index is -0.665. The van der Waals surface area contributed by atoms with Crippen molar-refractivity contribution >= 4 is 28.3 Å². The minimum absolute atomic E-state index is 0.190. The lowest BCUT2D eigenvalue weighted by Crippen LogP contribution is -2.55. The maximum absolute atomic E-state index is 13.4. The molecule has 0 aliphatic carbocycles. The van der Waals surface area contributed by atoms with Gasteiger partial charge in [-0.05, 0) is 32.9 Å². The highest BCUT2D eigenvalue weighted by molar-refractivity contribution is 7.13. The molecule has 8 heteroatoms. The molecule has 1 N–H and O–H groups in total. The number of carbonyl (C=O) groups excluding carboxylic acids is 2. The number of carbonyl (C=O) groups is 2. The summed E-state index contributed by atoms with van der Waals surface area (Å²) in [6.07, 6.45) is 1.34. The molecule has 0 bridgehead atoms. The molecule has 2 aliphatic heterocycles. The van der Waals surface area contributed by atoms with Gasteiger partial charge in [0.25, 0.3) is 5.91 Å². The smallest absolute Gasteiger partial charge is 0.258 e. The summed E-state index contributed by atoms with van der Waals surface area (Å²) in [4.78, 5) is 32.3. The fourth-order valence-electron chi connectivity index (χ4n) is 3.78. The van der Waals surface area contributed by atoms with Crippen LogP contribution in [0.25, 0.3) is 0 Å². The summed E-state index contributed by atoms with van der Waals surface area (Å²) in [5.74, 6) is 0.129. The van der Waals surface area contributed by atoms with Crippen LogP contribution in [0, 0.1) is 13.8 Å². The van der Waals surface area contributed by atoms with Crippen molar-refractivity contribution in [1.29, 1.82) is 0 Å². The Morgan fingerprint density at radius 2 is 2.07 bits per heavy atom. The van der Waals surface area contributed by atoms with Gasteiger partial charge in [-0.15, -0.1) is 11.3 Å². The summed E-state index contributed by atoms with van der Waals surface area (Å²) in [5.41, 5.74) is 1.76. The molecular weight excluding hydrogens is 390 g/mol. The van der Waals surface area contributed by atoms with Crippen LogP contribution in [0.4, 0.5) is 5.13 Å². The number of amides is 2. The second kappa shape index (κ2) is 7.76. The monoisotopic (exact) mass is 415 g/mol. The molecule has 154 valence electrons. The molecule has 1 spiro atoms. The number of benzene rings is 1. The van der Waals surface area contributed by atoms with E-state index in [1.807, 2.05) is 37.4 Å². The molecule has 1 atom stereocenters. The van der Waals surface area contributed by atoms with Crippen molar-refractivity contribution in [3.05, 3.63) is 40.4 Å². The molecule has 1 aromatic heterocycles. The van der Waals surface area contributed by atoms with Crippen molar-refractivity contribution < 1.29 is 19.1 Å². The second-order valence-corrected chi connectivity index (χ2v) is 8.65. The van der Waals surface area contributed by atoms with Crippen molar-refractivity contribution in [2.24, 2.45) is 0 Å². The number of hydrogen-bond acceptors (Lipinski definition) is 6. The van der Waals surface area contributed by atoms with Gasteiger partial charge in [0.05, 0.1) is 31.0 Å². The van der Waals surface area contributed by atoms with Gasteiger partial charge in [-0.1, -0.05) is 11.6 Å². The van der Waals surface area contributed by atoms with E-state index in [0.29, 0.717) is 49.0 Å². The van der Waals surface area contributed by atoms with E-state index in [4.69, 9.17) is 9.47 Å². The van der Waals surface area contributed by atoms with Crippen LogP contribution < -0.4 is 10.1 Å². The Morgan fingerprint density at radius 3 is 2.76 bits per heavy atom. The Hall–Kier alpha value is -2.45. The summed E-state index contributed by atoms with van der Waals surface area (Å²) in [5, 5.41) is 5.25. The van der Waals surface area contributed by atoms with Gasteiger partial charge in [-0.3, -0.25) is 9.59 Å². The fraction of sp³-hybridized carbons (Fsp3) is 0.476. The molecule has 1 aromatic carbocycles. The number of rotatable bonds is 3. The van der Waals surface area contributed by atoms with Crippen LogP contribution >= 0.6 is 11.3 Å². The van der Waals surface area contributed by atoms with Crippen molar-refractivity contribution in [3.8, 4) is 5.75 Å². The maximum Gasteiger partial charge on any atom is 0.258 e. The number of thiazole rings is 1. The second-order valence-electron chi connectivity index (χ2n) is 7.79. The van der Waals surface area contributed by atoms with Gasteiger partial charge in [0.15, 0.2) is 5.13 Å². The van der Waals surface area contributed by atoms with E-state index in [1.54, 1.807) is 11.8 Å². The zero-order valence-corrected chi connectivity index (χ0v) is 17.7. The van der Waals surface area contributed by atoms with Gasteiger partial charge in [-0.25, -0.2) is 4.98 Å². The number of nitrogens with one attached hydrogen (secondary N) is 1. The molecule has 3 heterocycles. The van der Waals surface area contributed by atoms with E-state index in [1.165, 1.54) is 11.3 Å². The number of ether oxygens (including phenoxy) is 2. The van der Waals surface area contributed by atoms with E-state index in [-0.39, 0.29) is 11.8 Å². The molecule has 0 saturated carbocycles. The molecule has 0 radical (unpaired) electrons. The lowest BCUT2D eigenvalue weighted by atomic mass is 9.93. The van der Waals surface area contributed by atoms with Crippen LogP contribution in [0.3, 0.4) is 0 Å². The van der Waals surface area contributed by atoms with Crippen molar-refractivity contribution in [2.75, 3.05) is 25.1 Å². The van der Waals surface area contributed by atoms with Crippen LogP contribution in [-0.2, 0) is 9.53 Å². The molecule has 29 heavy (non-hydrogen) atoms. The molecule has 4 rings (SSSR count). The van der Waals surface area contributed by atoms with Crippen molar-refractivity contribution in [2.45, 2.75) is 45.3 Å². The van der Waals surface area contributed by atoms with E-state index >= 15 is 0 Å². The number of fused-ring (bicyclic) bond motifs is 1. The van der Waals surface area contributed by atoms with Gasteiger partial charge < -0.3 is 19.7 Å². The molecule has 7 nitrogen and oxygen atoms in total. The van der Waals surface area contributed by atoms with Crippen LogP contribution in [0.5, 0.6) is 5.75 Å². The number of nitrogens with zero attached hydrogens (tertiary/aromatic N) is 2. The number of anilines is 1. The molecule has 2 aliphatic rings. The van der Waals surface area contributed by atoms with Gasteiger partial charge in [-0.2, -0.15) is 0 Å². The Bertz CT molecular complexity index is 936. The van der Waals surface area contributed by atoms with Gasteiger partial charge in [0.1, 0.15) is 17.4 Å². The zero-order valence-electron chi connectivity index (χ0n) is 16.9. The van der Waals surface area contributed by atoms with Crippen LogP contribution in [0.15, 0.2) is 23.6 Å². The largest absolute Gasteiger partial charge is 0.484 e. The third kappa shape index (κ3) is 4.00. The van der Waals surface area contributed by atoms with Crippen molar-refractivity contribution in [3.63, 3.8) is 0 Å². The van der Waals surface area contributed by atoms with E-state index in [0.717, 1.165) is 11.3 Å². The maximum atomic E-state index is 13.4. The lowest BCUT2D eigenvalue weighted by molar-refractivity contribution is -0.121. The summed E-state index contributed by atoms with van der Waals surface area (Å²) in [6, 6.07) is 4.96.